The van der Waals surface area contributed by atoms with Crippen LogP contribution in [0.2, 0.25) is 10.0 Å². The lowest BCUT2D eigenvalue weighted by Gasteiger charge is -2.31. The summed E-state index contributed by atoms with van der Waals surface area (Å²) in [5.41, 5.74) is 0.371. The minimum atomic E-state index is -3.67. The minimum absolute atomic E-state index is 0.129. The summed E-state index contributed by atoms with van der Waals surface area (Å²) in [7, 11) is -2.11. The summed E-state index contributed by atoms with van der Waals surface area (Å²) in [4.78, 5) is 12.6. The number of para-hydroxylation sites is 2. The maximum atomic E-state index is 13.0. The van der Waals surface area contributed by atoms with Crippen LogP contribution in [0.1, 0.15) is 18.4 Å². The van der Waals surface area contributed by atoms with Gasteiger partial charge in [0.05, 0.1) is 25.3 Å². The summed E-state index contributed by atoms with van der Waals surface area (Å²) in [6.45, 7) is 1.07. The van der Waals surface area contributed by atoms with E-state index in [0.29, 0.717) is 53.0 Å². The number of benzene rings is 2. The van der Waals surface area contributed by atoms with Crippen molar-refractivity contribution in [1.82, 2.24) is 9.62 Å². The van der Waals surface area contributed by atoms with Crippen LogP contribution in [0.5, 0.6) is 11.5 Å². The average Bonchev–Trinajstić information content (AvgIpc) is 2.79. The van der Waals surface area contributed by atoms with Gasteiger partial charge in [-0.2, -0.15) is 0 Å². The fourth-order valence-electron chi connectivity index (χ4n) is 3.57. The molecule has 174 valence electrons. The Labute approximate surface area is 198 Å². The second kappa shape index (κ2) is 11.2. The van der Waals surface area contributed by atoms with Crippen molar-refractivity contribution in [3.05, 3.63) is 58.1 Å². The van der Waals surface area contributed by atoms with Crippen LogP contribution in [-0.4, -0.2) is 52.0 Å². The number of rotatable bonds is 9. The molecule has 0 spiro atoms. The molecule has 1 atom stereocenters. The van der Waals surface area contributed by atoms with Gasteiger partial charge >= 0.3 is 0 Å². The number of methoxy groups -OCH3 is 1. The largest absolute Gasteiger partial charge is 0.493 e. The van der Waals surface area contributed by atoms with Gasteiger partial charge in [0.25, 0.3) is 0 Å². The second-order valence-corrected chi connectivity index (χ2v) is 10.2. The van der Waals surface area contributed by atoms with Crippen molar-refractivity contribution in [3.63, 3.8) is 0 Å². The Morgan fingerprint density at radius 1 is 1.12 bits per heavy atom. The first-order valence-corrected chi connectivity index (χ1v) is 12.6. The number of halogens is 2. The van der Waals surface area contributed by atoms with Crippen molar-refractivity contribution < 1.29 is 22.7 Å². The van der Waals surface area contributed by atoms with E-state index < -0.39 is 15.9 Å². The molecule has 1 N–H and O–H groups in total. The zero-order valence-electron chi connectivity index (χ0n) is 17.7. The van der Waals surface area contributed by atoms with Crippen LogP contribution in [0.15, 0.2) is 42.5 Å². The van der Waals surface area contributed by atoms with E-state index in [1.165, 1.54) is 4.31 Å². The summed E-state index contributed by atoms with van der Waals surface area (Å²) in [5.74, 6) is 0.297. The molecule has 1 saturated heterocycles. The first kappa shape index (κ1) is 24.6. The van der Waals surface area contributed by atoms with E-state index in [1.807, 2.05) is 12.1 Å². The van der Waals surface area contributed by atoms with Crippen LogP contribution in [0.4, 0.5) is 0 Å². The smallest absolute Gasteiger partial charge is 0.224 e. The maximum Gasteiger partial charge on any atom is 0.224 e. The lowest BCUT2D eigenvalue weighted by atomic mass is 9.99. The number of hydrogen-bond donors (Lipinski definition) is 1. The van der Waals surface area contributed by atoms with Gasteiger partial charge in [0.1, 0.15) is 6.61 Å². The fourth-order valence-corrected chi connectivity index (χ4v) is 5.93. The molecular formula is C22H26Cl2N2O5S. The first-order valence-electron chi connectivity index (χ1n) is 10.3. The monoisotopic (exact) mass is 500 g/mol. The number of carbonyl (C=O) groups excluding carboxylic acids is 1. The molecule has 7 nitrogen and oxygen atoms in total. The SMILES string of the molecule is COc1ccccc1OCCNC(=O)C1CCCN(S(=O)(=O)Cc2c(Cl)cccc2Cl)C1. The zero-order valence-corrected chi connectivity index (χ0v) is 20.0. The summed E-state index contributed by atoms with van der Waals surface area (Å²) in [5, 5.41) is 3.45. The molecule has 0 aliphatic carbocycles. The molecule has 3 rings (SSSR count). The molecule has 2 aromatic carbocycles. The summed E-state index contributed by atoms with van der Waals surface area (Å²) in [6, 6.07) is 12.1. The number of nitrogens with zero attached hydrogens (tertiary/aromatic N) is 1. The van der Waals surface area contributed by atoms with Gasteiger partial charge < -0.3 is 14.8 Å². The molecular weight excluding hydrogens is 475 g/mol. The number of nitrogens with one attached hydrogen (secondary N) is 1. The van der Waals surface area contributed by atoms with E-state index >= 15 is 0 Å². The van der Waals surface area contributed by atoms with Crippen molar-refractivity contribution >= 4 is 39.1 Å². The normalized spacial score (nSPS) is 17.0. The second-order valence-electron chi connectivity index (χ2n) is 7.44. The molecule has 32 heavy (non-hydrogen) atoms. The predicted octanol–water partition coefficient (Wildman–Crippen LogP) is 3.74. The van der Waals surface area contributed by atoms with E-state index in [9.17, 15) is 13.2 Å². The first-order chi connectivity index (χ1) is 15.3. The van der Waals surface area contributed by atoms with Crippen LogP contribution >= 0.6 is 23.2 Å². The summed E-state index contributed by atoms with van der Waals surface area (Å²) < 4.78 is 38.1. The third-order valence-corrected chi connectivity index (χ3v) is 7.74. The van der Waals surface area contributed by atoms with Gasteiger partial charge in [0.15, 0.2) is 11.5 Å². The Morgan fingerprint density at radius 2 is 1.81 bits per heavy atom. The predicted molar refractivity (Wildman–Crippen MR) is 125 cm³/mol. The topological polar surface area (TPSA) is 84.9 Å². The highest BCUT2D eigenvalue weighted by molar-refractivity contribution is 7.88. The third kappa shape index (κ3) is 6.28. The van der Waals surface area contributed by atoms with Crippen LogP contribution in [0.3, 0.4) is 0 Å². The van der Waals surface area contributed by atoms with Crippen molar-refractivity contribution in [3.8, 4) is 11.5 Å². The number of sulfonamides is 1. The molecule has 1 aliphatic rings. The molecule has 0 radical (unpaired) electrons. The number of ether oxygens (including phenoxy) is 2. The van der Waals surface area contributed by atoms with Crippen molar-refractivity contribution in [2.45, 2.75) is 18.6 Å². The lowest BCUT2D eigenvalue weighted by molar-refractivity contribution is -0.126. The molecule has 10 heteroatoms. The van der Waals surface area contributed by atoms with Gasteiger partial charge in [-0.15, -0.1) is 0 Å². The Morgan fingerprint density at radius 3 is 2.50 bits per heavy atom. The Bertz CT molecular complexity index is 1030. The van der Waals surface area contributed by atoms with Gasteiger partial charge in [-0.3, -0.25) is 4.79 Å². The Hall–Kier alpha value is -2.00. The molecule has 1 aliphatic heterocycles. The quantitative estimate of drug-likeness (QED) is 0.530. The number of hydrogen-bond acceptors (Lipinski definition) is 5. The molecule has 0 bridgehead atoms. The van der Waals surface area contributed by atoms with Gasteiger partial charge in [-0.1, -0.05) is 41.4 Å². The molecule has 2 aromatic rings. The van der Waals surface area contributed by atoms with Gasteiger partial charge in [-0.05, 0) is 37.1 Å². The van der Waals surface area contributed by atoms with Crippen LogP contribution < -0.4 is 14.8 Å². The van der Waals surface area contributed by atoms with Crippen molar-refractivity contribution in [2.24, 2.45) is 5.92 Å². The Kier molecular flexibility index (Phi) is 8.64. The summed E-state index contributed by atoms with van der Waals surface area (Å²) >= 11 is 12.3. The van der Waals surface area contributed by atoms with Gasteiger partial charge in [-0.25, -0.2) is 12.7 Å². The molecule has 1 fully saturated rings. The lowest BCUT2D eigenvalue weighted by Crippen LogP contribution is -2.46. The highest BCUT2D eigenvalue weighted by Gasteiger charge is 2.33. The maximum absolute atomic E-state index is 13.0. The van der Waals surface area contributed by atoms with Gasteiger partial charge in [0, 0.05) is 28.7 Å². The van der Waals surface area contributed by atoms with E-state index in [-0.39, 0.29) is 24.8 Å². The zero-order chi connectivity index (χ0) is 23.1. The van der Waals surface area contributed by atoms with E-state index in [1.54, 1.807) is 37.4 Å². The average molecular weight is 501 g/mol. The Balaban J connectivity index is 1.53. The number of amides is 1. The van der Waals surface area contributed by atoms with E-state index in [4.69, 9.17) is 32.7 Å². The standard InChI is InChI=1S/C22H26Cl2N2O5S/c1-30-20-9-2-3-10-21(20)31-13-11-25-22(27)16-6-5-12-26(14-16)32(28,29)15-17-18(23)7-4-8-19(17)24/h2-4,7-10,16H,5-6,11-15H2,1H3,(H,25,27). The molecule has 1 amide bonds. The van der Waals surface area contributed by atoms with Crippen LogP contribution in [0.25, 0.3) is 0 Å². The molecule has 0 aromatic heterocycles. The number of piperidine rings is 1. The fraction of sp³-hybridized carbons (Fsp3) is 0.409. The third-order valence-electron chi connectivity index (χ3n) is 5.26. The van der Waals surface area contributed by atoms with E-state index in [0.717, 1.165) is 0 Å². The highest BCUT2D eigenvalue weighted by atomic mass is 35.5. The molecule has 1 heterocycles. The minimum Gasteiger partial charge on any atom is -0.493 e. The summed E-state index contributed by atoms with van der Waals surface area (Å²) in [6.07, 6.45) is 1.23. The molecule has 1 unspecified atom stereocenters. The van der Waals surface area contributed by atoms with Crippen molar-refractivity contribution in [2.75, 3.05) is 33.4 Å². The van der Waals surface area contributed by atoms with Crippen LogP contribution in [0, 0.1) is 5.92 Å². The number of carbonyl (C=O) groups is 1. The van der Waals surface area contributed by atoms with E-state index in [2.05, 4.69) is 5.32 Å². The highest BCUT2D eigenvalue weighted by Crippen LogP contribution is 2.29. The van der Waals surface area contributed by atoms with Crippen molar-refractivity contribution in [1.29, 1.82) is 0 Å². The van der Waals surface area contributed by atoms with Gasteiger partial charge in [0.2, 0.25) is 15.9 Å². The van der Waals surface area contributed by atoms with Crippen LogP contribution in [-0.2, 0) is 20.6 Å². The molecule has 0 saturated carbocycles.